The van der Waals surface area contributed by atoms with Crippen molar-refractivity contribution in [3.05, 3.63) is 0 Å². The zero-order valence-corrected chi connectivity index (χ0v) is 37.1. The van der Waals surface area contributed by atoms with Crippen LogP contribution in [0.2, 0.25) is 0 Å². The number of hydrogen-bond acceptors (Lipinski definition) is 15. The molecule has 0 radical (unpaired) electrons. The average molecular weight is 916 g/mol. The molecule has 59 heavy (non-hydrogen) atoms. The Morgan fingerprint density at radius 2 is 0.915 bits per heavy atom. The van der Waals surface area contributed by atoms with Crippen molar-refractivity contribution in [2.45, 2.75) is 197 Å². The van der Waals surface area contributed by atoms with Crippen LogP contribution < -0.4 is 5.73 Å². The molecule has 350 valence electrons. The van der Waals surface area contributed by atoms with Crippen LogP contribution in [0.1, 0.15) is 155 Å². The maximum absolute atomic E-state index is 13.0. The second kappa shape index (κ2) is 31.0. The molecule has 0 spiro atoms. The summed E-state index contributed by atoms with van der Waals surface area (Å²) in [5.74, 6) is -1.31. The van der Waals surface area contributed by atoms with Crippen molar-refractivity contribution in [2.24, 2.45) is 5.73 Å². The molecule has 1 saturated carbocycles. The van der Waals surface area contributed by atoms with E-state index in [1.165, 1.54) is 44.9 Å². The van der Waals surface area contributed by atoms with Crippen molar-refractivity contribution in [3.8, 4) is 0 Å². The number of phosphoric acid groups is 3. The fourth-order valence-corrected chi connectivity index (χ4v) is 8.69. The molecule has 0 saturated heterocycles. The van der Waals surface area contributed by atoms with Gasteiger partial charge >= 0.3 is 35.4 Å². The standard InChI is InChI=1S/C36H72NO19P3/c1-2-3-4-5-6-7-8-9-10-11-15-18-21-24-30(39)53-28(26-51-29(38)23-20-17-14-12-13-16-19-22-25-37)27-52-59(49,50)56-34-31(40)32(41)35(54-57(43,44)45)36(33(34)42)55-58(46,47)48/h28,31-36,40-42H,2-27,37H2,1H3,(H,49,50)(H2,43,44,45)(H2,46,47,48)/t28-,31?,32-,33+,34?,35?,36+/m1/s1. The van der Waals surface area contributed by atoms with Gasteiger partial charge in [-0.2, -0.15) is 0 Å². The largest absolute Gasteiger partial charge is 0.472 e. The second-order valence-corrected chi connectivity index (χ2v) is 18.9. The molecule has 20 nitrogen and oxygen atoms in total. The summed E-state index contributed by atoms with van der Waals surface area (Å²) in [7, 11) is -16.6. The van der Waals surface area contributed by atoms with Crippen LogP contribution in [-0.2, 0) is 50.9 Å². The Morgan fingerprint density at radius 1 is 0.525 bits per heavy atom. The second-order valence-electron chi connectivity index (χ2n) is 15.1. The molecular formula is C36H72NO19P3. The van der Waals surface area contributed by atoms with Crippen LogP contribution in [0.25, 0.3) is 0 Å². The number of aliphatic hydroxyl groups is 3. The van der Waals surface area contributed by atoms with Gasteiger partial charge in [-0.3, -0.25) is 27.7 Å². The predicted molar refractivity (Wildman–Crippen MR) is 214 cm³/mol. The summed E-state index contributed by atoms with van der Waals surface area (Å²) in [5, 5.41) is 31.7. The van der Waals surface area contributed by atoms with E-state index < -0.39 is 91.3 Å². The molecule has 23 heteroatoms. The number of phosphoric ester groups is 3. The van der Waals surface area contributed by atoms with E-state index >= 15 is 0 Å². The van der Waals surface area contributed by atoms with E-state index in [1.807, 2.05) is 0 Å². The van der Waals surface area contributed by atoms with E-state index in [0.29, 0.717) is 19.4 Å². The van der Waals surface area contributed by atoms with Crippen LogP contribution in [0.5, 0.6) is 0 Å². The van der Waals surface area contributed by atoms with Gasteiger partial charge in [0.2, 0.25) is 0 Å². The van der Waals surface area contributed by atoms with E-state index in [1.54, 1.807) is 0 Å². The molecule has 0 aromatic heterocycles. The Morgan fingerprint density at radius 3 is 1.36 bits per heavy atom. The summed E-state index contributed by atoms with van der Waals surface area (Å²) >= 11 is 0. The van der Waals surface area contributed by atoms with Crippen molar-refractivity contribution in [2.75, 3.05) is 19.8 Å². The molecular weight excluding hydrogens is 843 g/mol. The van der Waals surface area contributed by atoms with Gasteiger partial charge in [0.1, 0.15) is 43.2 Å². The molecule has 1 rings (SSSR count). The molecule has 1 fully saturated rings. The fraction of sp³-hybridized carbons (Fsp3) is 0.944. The maximum Gasteiger partial charge on any atom is 0.472 e. The van der Waals surface area contributed by atoms with Crippen LogP contribution in [0.15, 0.2) is 0 Å². The van der Waals surface area contributed by atoms with Gasteiger partial charge in [-0.15, -0.1) is 0 Å². The number of unbranched alkanes of at least 4 members (excludes halogenated alkanes) is 19. The highest BCUT2D eigenvalue weighted by molar-refractivity contribution is 7.47. The third-order valence-corrected chi connectivity index (χ3v) is 11.8. The number of esters is 2. The van der Waals surface area contributed by atoms with E-state index in [4.69, 9.17) is 24.3 Å². The Kier molecular flexibility index (Phi) is 29.5. The summed E-state index contributed by atoms with van der Waals surface area (Å²) in [4.78, 5) is 72.7. The number of rotatable bonds is 36. The van der Waals surface area contributed by atoms with Crippen molar-refractivity contribution in [1.82, 2.24) is 0 Å². The zero-order valence-electron chi connectivity index (χ0n) is 34.4. The minimum absolute atomic E-state index is 0.00112. The van der Waals surface area contributed by atoms with E-state index in [9.17, 15) is 63.1 Å². The predicted octanol–water partition coefficient (Wildman–Crippen LogP) is 4.95. The number of aliphatic hydroxyl groups excluding tert-OH is 3. The lowest BCUT2D eigenvalue weighted by atomic mass is 9.85. The smallest absolute Gasteiger partial charge is 0.462 e. The highest BCUT2D eigenvalue weighted by atomic mass is 31.2. The number of hydrogen-bond donors (Lipinski definition) is 9. The van der Waals surface area contributed by atoms with E-state index in [-0.39, 0.29) is 12.8 Å². The minimum Gasteiger partial charge on any atom is -0.462 e. The number of nitrogens with two attached hydrogens (primary N) is 1. The topological polar surface area (TPSA) is 329 Å². The van der Waals surface area contributed by atoms with Crippen molar-refractivity contribution < 1.29 is 90.6 Å². The summed E-state index contributed by atoms with van der Waals surface area (Å²) in [6.45, 7) is 1.38. The lowest BCUT2D eigenvalue weighted by Gasteiger charge is -2.44. The molecule has 0 aliphatic heterocycles. The number of carbonyl (C=O) groups excluding carboxylic acids is 2. The van der Waals surface area contributed by atoms with Gasteiger partial charge in [-0.1, -0.05) is 122 Å². The molecule has 1 aliphatic rings. The van der Waals surface area contributed by atoms with Crippen LogP contribution >= 0.6 is 23.5 Å². The van der Waals surface area contributed by atoms with Crippen molar-refractivity contribution in [1.29, 1.82) is 0 Å². The molecule has 1 aliphatic carbocycles. The van der Waals surface area contributed by atoms with Gasteiger partial charge in [0.15, 0.2) is 6.10 Å². The molecule has 0 heterocycles. The first-order valence-electron chi connectivity index (χ1n) is 21.0. The Labute approximate surface area is 348 Å². The molecule has 4 unspecified atom stereocenters. The number of ether oxygens (including phenoxy) is 2. The molecule has 0 aromatic carbocycles. The monoisotopic (exact) mass is 915 g/mol. The summed E-state index contributed by atoms with van der Waals surface area (Å²) in [5.41, 5.74) is 5.51. The van der Waals surface area contributed by atoms with Crippen LogP contribution in [0.4, 0.5) is 0 Å². The molecule has 0 amide bonds. The molecule has 8 atom stereocenters. The summed E-state index contributed by atoms with van der Waals surface area (Å²) in [6, 6.07) is 0. The van der Waals surface area contributed by atoms with E-state index in [0.717, 1.165) is 77.0 Å². The molecule has 0 bridgehead atoms. The lowest BCUT2D eigenvalue weighted by molar-refractivity contribution is -0.213. The van der Waals surface area contributed by atoms with Gasteiger partial charge in [-0.05, 0) is 25.8 Å². The Bertz CT molecular complexity index is 1290. The van der Waals surface area contributed by atoms with Crippen LogP contribution in [0.3, 0.4) is 0 Å². The number of carbonyl (C=O) groups is 2. The van der Waals surface area contributed by atoms with E-state index in [2.05, 4.69) is 16.0 Å². The van der Waals surface area contributed by atoms with Gasteiger partial charge in [0.05, 0.1) is 6.61 Å². The highest BCUT2D eigenvalue weighted by Gasteiger charge is 2.56. The molecule has 10 N–H and O–H groups in total. The zero-order chi connectivity index (χ0) is 44.3. The lowest BCUT2D eigenvalue weighted by Crippen LogP contribution is -2.65. The quantitative estimate of drug-likeness (QED) is 0.0228. The van der Waals surface area contributed by atoms with Gasteiger partial charge < -0.3 is 55.0 Å². The molecule has 0 aromatic rings. The maximum atomic E-state index is 13.0. The normalized spacial score (nSPS) is 22.8. The average Bonchev–Trinajstić information content (AvgIpc) is 3.15. The summed E-state index contributed by atoms with van der Waals surface area (Å²) < 4.78 is 65.1. The highest BCUT2D eigenvalue weighted by Crippen LogP contribution is 2.51. The van der Waals surface area contributed by atoms with Gasteiger partial charge in [0.25, 0.3) is 0 Å². The SMILES string of the molecule is CCCCCCCCCCCCCCCC(=O)O[C@H](COC(=O)CCCCCCCCCCN)COP(=O)(O)OC1C(O)[C@@H](O)C(OP(=O)(O)O)[C@@H](OP(=O)(O)O)[C@H]1O. The first-order chi connectivity index (χ1) is 27.8. The first kappa shape index (κ1) is 56.1. The van der Waals surface area contributed by atoms with Crippen LogP contribution in [-0.4, -0.2) is 114 Å². The van der Waals surface area contributed by atoms with Crippen LogP contribution in [0, 0.1) is 0 Å². The first-order valence-corrected chi connectivity index (χ1v) is 25.6. The minimum atomic E-state index is -5.59. The van der Waals surface area contributed by atoms with Crippen molar-refractivity contribution in [3.63, 3.8) is 0 Å². The third kappa shape index (κ3) is 27.7. The Hall–Kier alpha value is -0.890. The summed E-state index contributed by atoms with van der Waals surface area (Å²) in [6.07, 6.45) is 5.51. The third-order valence-electron chi connectivity index (χ3n) is 9.76. The Balaban J connectivity index is 2.80. The van der Waals surface area contributed by atoms with Crippen molar-refractivity contribution >= 4 is 35.4 Å². The fourth-order valence-electron chi connectivity index (χ4n) is 6.59. The van der Waals surface area contributed by atoms with Gasteiger partial charge in [-0.25, -0.2) is 13.7 Å². The van der Waals surface area contributed by atoms with Gasteiger partial charge in [0, 0.05) is 12.8 Å².